The molecule has 7 nitrogen and oxygen atoms in total. The van der Waals surface area contributed by atoms with Crippen LogP contribution in [-0.4, -0.2) is 38.2 Å². The highest BCUT2D eigenvalue weighted by Crippen LogP contribution is 2.29. The second-order valence-electron chi connectivity index (χ2n) is 7.78. The highest BCUT2D eigenvalue weighted by Gasteiger charge is 2.25. The number of hydrogen-bond acceptors (Lipinski definition) is 7. The van der Waals surface area contributed by atoms with Crippen LogP contribution in [0.1, 0.15) is 41.7 Å². The normalized spacial score (nSPS) is 13.0. The SMILES string of the molecule is Cc1nc(-c2ncccn2)sc1C(=O)Nc1cccc(C(=O)N2CCc3sccc3C2)c1C. The molecule has 33 heavy (non-hydrogen) atoms. The fraction of sp³-hybridized carbons (Fsp3) is 0.208. The molecule has 4 heterocycles. The lowest BCUT2D eigenvalue weighted by Gasteiger charge is -2.28. The maximum Gasteiger partial charge on any atom is 0.267 e. The van der Waals surface area contributed by atoms with Crippen LogP contribution in [0.2, 0.25) is 0 Å². The first-order valence-corrected chi connectivity index (χ1v) is 12.2. The molecule has 0 fully saturated rings. The molecule has 166 valence electrons. The number of nitrogens with zero attached hydrogens (tertiary/aromatic N) is 4. The van der Waals surface area contributed by atoms with Crippen molar-refractivity contribution in [3.05, 3.63) is 80.2 Å². The van der Waals surface area contributed by atoms with Crippen LogP contribution in [0.25, 0.3) is 10.8 Å². The molecule has 0 aliphatic carbocycles. The second-order valence-corrected chi connectivity index (χ2v) is 9.78. The van der Waals surface area contributed by atoms with Crippen LogP contribution in [0.3, 0.4) is 0 Å². The van der Waals surface area contributed by atoms with Gasteiger partial charge >= 0.3 is 0 Å². The van der Waals surface area contributed by atoms with Crippen molar-refractivity contribution in [2.45, 2.75) is 26.8 Å². The quantitative estimate of drug-likeness (QED) is 0.461. The number of thiophene rings is 1. The van der Waals surface area contributed by atoms with Gasteiger partial charge in [0.2, 0.25) is 0 Å². The first-order valence-electron chi connectivity index (χ1n) is 10.5. The molecule has 1 aliphatic rings. The average Bonchev–Trinajstić information content (AvgIpc) is 3.46. The molecule has 5 rings (SSSR count). The third kappa shape index (κ3) is 4.17. The molecule has 0 saturated heterocycles. The van der Waals surface area contributed by atoms with Crippen LogP contribution in [0.15, 0.2) is 48.1 Å². The monoisotopic (exact) mass is 475 g/mol. The summed E-state index contributed by atoms with van der Waals surface area (Å²) in [6.45, 7) is 4.98. The summed E-state index contributed by atoms with van der Waals surface area (Å²) in [6.07, 6.45) is 4.17. The van der Waals surface area contributed by atoms with Gasteiger partial charge in [-0.1, -0.05) is 6.07 Å². The summed E-state index contributed by atoms with van der Waals surface area (Å²) < 4.78 is 0. The summed E-state index contributed by atoms with van der Waals surface area (Å²) in [6, 6.07) is 9.26. The van der Waals surface area contributed by atoms with Crippen LogP contribution in [0.5, 0.6) is 0 Å². The van der Waals surface area contributed by atoms with Gasteiger partial charge in [-0.25, -0.2) is 15.0 Å². The maximum absolute atomic E-state index is 13.3. The Morgan fingerprint density at radius 2 is 1.91 bits per heavy atom. The van der Waals surface area contributed by atoms with Crippen LogP contribution < -0.4 is 5.32 Å². The Labute approximate surface area is 199 Å². The van der Waals surface area contributed by atoms with Gasteiger partial charge in [-0.05, 0) is 61.0 Å². The number of rotatable bonds is 4. The molecule has 0 spiro atoms. The molecule has 4 aromatic rings. The van der Waals surface area contributed by atoms with E-state index in [1.807, 2.05) is 24.0 Å². The van der Waals surface area contributed by atoms with Crippen molar-refractivity contribution in [3.8, 4) is 10.8 Å². The number of hydrogen-bond donors (Lipinski definition) is 1. The Kier molecular flexibility index (Phi) is 5.74. The molecular formula is C24H21N5O2S2. The number of benzene rings is 1. The lowest BCUT2D eigenvalue weighted by molar-refractivity contribution is 0.0735. The van der Waals surface area contributed by atoms with Gasteiger partial charge in [-0.3, -0.25) is 9.59 Å². The van der Waals surface area contributed by atoms with Crippen molar-refractivity contribution in [2.75, 3.05) is 11.9 Å². The third-order valence-corrected chi connectivity index (χ3v) is 7.84. The minimum Gasteiger partial charge on any atom is -0.334 e. The van der Waals surface area contributed by atoms with Gasteiger partial charge in [-0.2, -0.15) is 0 Å². The number of carbonyl (C=O) groups is 2. The minimum absolute atomic E-state index is 0.0158. The summed E-state index contributed by atoms with van der Waals surface area (Å²) in [7, 11) is 0. The molecule has 0 saturated carbocycles. The van der Waals surface area contributed by atoms with Crippen molar-refractivity contribution in [1.29, 1.82) is 0 Å². The van der Waals surface area contributed by atoms with Gasteiger partial charge in [0.1, 0.15) is 4.88 Å². The highest BCUT2D eigenvalue weighted by atomic mass is 32.1. The number of amides is 2. The maximum atomic E-state index is 13.3. The lowest BCUT2D eigenvalue weighted by atomic mass is 10.0. The van der Waals surface area contributed by atoms with E-state index in [0.29, 0.717) is 45.7 Å². The van der Waals surface area contributed by atoms with Gasteiger partial charge in [0.25, 0.3) is 11.8 Å². The Balaban J connectivity index is 1.36. The van der Waals surface area contributed by atoms with E-state index in [1.54, 1.807) is 42.8 Å². The topological polar surface area (TPSA) is 88.1 Å². The Morgan fingerprint density at radius 3 is 2.73 bits per heavy atom. The zero-order valence-electron chi connectivity index (χ0n) is 18.2. The molecule has 1 N–H and O–H groups in total. The van der Waals surface area contributed by atoms with Crippen molar-refractivity contribution in [1.82, 2.24) is 19.9 Å². The van der Waals surface area contributed by atoms with Gasteiger partial charge in [0.05, 0.1) is 5.69 Å². The number of fused-ring (bicyclic) bond motifs is 1. The molecule has 9 heteroatoms. The van der Waals surface area contributed by atoms with E-state index < -0.39 is 0 Å². The summed E-state index contributed by atoms with van der Waals surface area (Å²) >= 11 is 3.00. The van der Waals surface area contributed by atoms with E-state index in [4.69, 9.17) is 0 Å². The predicted octanol–water partition coefficient (Wildman–Crippen LogP) is 4.73. The largest absolute Gasteiger partial charge is 0.334 e. The molecule has 3 aromatic heterocycles. The van der Waals surface area contributed by atoms with E-state index in [9.17, 15) is 9.59 Å². The Morgan fingerprint density at radius 1 is 1.09 bits per heavy atom. The standard InChI is InChI=1S/C24H21N5O2S2/c1-14-17(24(31)29-11-7-19-16(13-29)8-12-32-19)5-3-6-18(14)28-22(30)20-15(2)27-23(33-20)21-25-9-4-10-26-21/h3-6,8-10,12H,7,11,13H2,1-2H3,(H,28,30). The molecule has 1 aromatic carbocycles. The number of nitrogens with one attached hydrogen (secondary N) is 1. The molecular weight excluding hydrogens is 454 g/mol. The number of aromatic nitrogens is 3. The molecule has 0 unspecified atom stereocenters. The van der Waals surface area contributed by atoms with E-state index in [-0.39, 0.29) is 11.8 Å². The van der Waals surface area contributed by atoms with E-state index in [1.165, 1.54) is 21.8 Å². The first kappa shape index (κ1) is 21.4. The van der Waals surface area contributed by atoms with Gasteiger partial charge in [0.15, 0.2) is 10.8 Å². The van der Waals surface area contributed by atoms with Crippen LogP contribution >= 0.6 is 22.7 Å². The summed E-state index contributed by atoms with van der Waals surface area (Å²) in [5, 5.41) is 5.64. The zero-order valence-corrected chi connectivity index (χ0v) is 19.8. The average molecular weight is 476 g/mol. The predicted molar refractivity (Wildman–Crippen MR) is 130 cm³/mol. The van der Waals surface area contributed by atoms with E-state index >= 15 is 0 Å². The highest BCUT2D eigenvalue weighted by molar-refractivity contribution is 7.17. The second kappa shape index (κ2) is 8.84. The minimum atomic E-state index is -0.263. The third-order valence-electron chi connectivity index (χ3n) is 5.67. The van der Waals surface area contributed by atoms with Crippen molar-refractivity contribution < 1.29 is 9.59 Å². The van der Waals surface area contributed by atoms with Crippen LogP contribution in [0.4, 0.5) is 5.69 Å². The van der Waals surface area contributed by atoms with Crippen molar-refractivity contribution in [3.63, 3.8) is 0 Å². The molecule has 0 atom stereocenters. The first-order chi connectivity index (χ1) is 16.0. The smallest absolute Gasteiger partial charge is 0.267 e. The molecule has 2 amide bonds. The summed E-state index contributed by atoms with van der Waals surface area (Å²) in [5.41, 5.74) is 3.81. The van der Waals surface area contributed by atoms with Gasteiger partial charge < -0.3 is 10.2 Å². The molecule has 1 aliphatic heterocycles. The fourth-order valence-electron chi connectivity index (χ4n) is 3.89. The van der Waals surface area contributed by atoms with Gasteiger partial charge in [-0.15, -0.1) is 22.7 Å². The summed E-state index contributed by atoms with van der Waals surface area (Å²) in [5.74, 6) is 0.211. The fourth-order valence-corrected chi connectivity index (χ4v) is 5.69. The Bertz CT molecular complexity index is 1350. The Hall–Kier alpha value is -3.43. The number of thiazole rings is 1. The lowest BCUT2D eigenvalue weighted by Crippen LogP contribution is -2.35. The van der Waals surface area contributed by atoms with E-state index in [0.717, 1.165) is 12.0 Å². The van der Waals surface area contributed by atoms with Crippen molar-refractivity contribution >= 4 is 40.2 Å². The van der Waals surface area contributed by atoms with Gasteiger partial charge in [0, 0.05) is 41.6 Å². The van der Waals surface area contributed by atoms with Crippen molar-refractivity contribution in [2.24, 2.45) is 0 Å². The summed E-state index contributed by atoms with van der Waals surface area (Å²) in [4.78, 5) is 42.9. The van der Waals surface area contributed by atoms with Crippen LogP contribution in [-0.2, 0) is 13.0 Å². The number of anilines is 1. The zero-order chi connectivity index (χ0) is 22.9. The van der Waals surface area contributed by atoms with E-state index in [2.05, 4.69) is 31.7 Å². The molecule has 0 radical (unpaired) electrons. The number of carbonyl (C=O) groups excluding carboxylic acids is 2. The van der Waals surface area contributed by atoms with Crippen LogP contribution in [0, 0.1) is 13.8 Å². The molecule has 0 bridgehead atoms. The number of aryl methyl sites for hydroxylation is 1.